The lowest BCUT2D eigenvalue weighted by Gasteiger charge is -2.11. The molecule has 1 aliphatic carbocycles. The lowest BCUT2D eigenvalue weighted by Crippen LogP contribution is -2.22. The number of anilines is 1. The third kappa shape index (κ3) is 2.79. The van der Waals surface area contributed by atoms with Crippen LogP contribution in [0.1, 0.15) is 31.8 Å². The van der Waals surface area contributed by atoms with Gasteiger partial charge in [0, 0.05) is 30.9 Å². The van der Waals surface area contributed by atoms with E-state index < -0.39 is 0 Å². The number of carbonyl (C=O) groups is 2. The van der Waals surface area contributed by atoms with Gasteiger partial charge < -0.3 is 10.2 Å². The van der Waals surface area contributed by atoms with Gasteiger partial charge in [-0.05, 0) is 53.9 Å². The van der Waals surface area contributed by atoms with Gasteiger partial charge in [-0.2, -0.15) is 0 Å². The van der Waals surface area contributed by atoms with E-state index in [0.717, 1.165) is 6.42 Å². The van der Waals surface area contributed by atoms with Gasteiger partial charge in [0.1, 0.15) is 0 Å². The molecule has 0 unspecified atom stereocenters. The van der Waals surface area contributed by atoms with Crippen molar-refractivity contribution in [3.63, 3.8) is 0 Å². The Bertz CT molecular complexity index is 735. The molecule has 1 radical (unpaired) electrons. The molecule has 0 saturated carbocycles. The van der Waals surface area contributed by atoms with Crippen LogP contribution in [0.4, 0.5) is 5.69 Å². The number of carbonyl (C=O) groups excluding carboxylic acids is 2. The maximum absolute atomic E-state index is 12.2. The molecule has 0 bridgehead atoms. The van der Waals surface area contributed by atoms with Crippen LogP contribution in [0.15, 0.2) is 36.4 Å². The number of hydrogen-bond acceptors (Lipinski definition) is 2. The third-order valence-corrected chi connectivity index (χ3v) is 3.42. The van der Waals surface area contributed by atoms with E-state index in [9.17, 15) is 9.59 Å². The summed E-state index contributed by atoms with van der Waals surface area (Å²) in [7, 11) is 3.37. The van der Waals surface area contributed by atoms with E-state index in [-0.39, 0.29) is 11.8 Å². The first-order valence-electron chi connectivity index (χ1n) is 6.70. The maximum Gasteiger partial charge on any atom is 0.255 e. The maximum atomic E-state index is 12.2. The average Bonchev–Trinajstić information content (AvgIpc) is 3.24. The van der Waals surface area contributed by atoms with Crippen LogP contribution in [0, 0.1) is 6.07 Å². The topological polar surface area (TPSA) is 49.4 Å². The molecule has 1 N–H and O–H groups in total. The van der Waals surface area contributed by atoms with Gasteiger partial charge in [-0.25, -0.2) is 0 Å². The van der Waals surface area contributed by atoms with Crippen LogP contribution in [0.5, 0.6) is 0 Å². The van der Waals surface area contributed by atoms with Crippen molar-refractivity contribution in [1.82, 2.24) is 4.90 Å². The van der Waals surface area contributed by atoms with Crippen LogP contribution < -0.4 is 5.32 Å². The normalized spacial score (nSPS) is 11.5. The highest BCUT2D eigenvalue weighted by Gasteiger charge is 2.18. The van der Waals surface area contributed by atoms with Crippen molar-refractivity contribution in [3.05, 3.63) is 64.7 Å². The van der Waals surface area contributed by atoms with Gasteiger partial charge in [0.25, 0.3) is 11.8 Å². The second-order valence-electron chi connectivity index (χ2n) is 5.32. The highest BCUT2D eigenvalue weighted by Crippen LogP contribution is 2.28. The van der Waals surface area contributed by atoms with Crippen molar-refractivity contribution < 1.29 is 9.59 Å². The minimum Gasteiger partial charge on any atom is -0.345 e. The molecule has 1 aliphatic rings. The Labute approximate surface area is 123 Å². The van der Waals surface area contributed by atoms with E-state index >= 15 is 0 Å². The first-order valence-corrected chi connectivity index (χ1v) is 6.70. The fourth-order valence-electron chi connectivity index (χ4n) is 2.17. The predicted octanol–water partition coefficient (Wildman–Crippen LogP) is 2.35. The summed E-state index contributed by atoms with van der Waals surface area (Å²) in [6.45, 7) is 0. The van der Waals surface area contributed by atoms with Crippen molar-refractivity contribution >= 4 is 17.5 Å². The molecule has 21 heavy (non-hydrogen) atoms. The van der Waals surface area contributed by atoms with E-state index in [4.69, 9.17) is 0 Å². The van der Waals surface area contributed by atoms with E-state index in [1.54, 1.807) is 32.3 Å². The summed E-state index contributed by atoms with van der Waals surface area (Å²) in [5.41, 5.74) is 4.23. The molecule has 0 spiro atoms. The molecular weight excluding hydrogens is 264 g/mol. The predicted molar refractivity (Wildman–Crippen MR) is 80.5 cm³/mol. The minimum atomic E-state index is -0.174. The largest absolute Gasteiger partial charge is 0.345 e. The monoisotopic (exact) mass is 279 g/mol. The molecular formula is C17H15N2O2. The molecule has 2 aromatic rings. The van der Waals surface area contributed by atoms with E-state index in [0.29, 0.717) is 16.8 Å². The highest BCUT2D eigenvalue weighted by atomic mass is 16.2. The molecule has 0 aliphatic heterocycles. The Morgan fingerprint density at radius 2 is 1.90 bits per heavy atom. The first kappa shape index (κ1) is 13.4. The number of benzene rings is 2. The molecule has 0 fully saturated rings. The summed E-state index contributed by atoms with van der Waals surface area (Å²) in [5, 5.41) is 2.80. The number of nitrogens with one attached hydrogen (secondary N) is 1. The van der Waals surface area contributed by atoms with Gasteiger partial charge in [0.15, 0.2) is 0 Å². The molecule has 2 aromatic carbocycles. The summed E-state index contributed by atoms with van der Waals surface area (Å²) in [6.07, 6.45) is 0.980. The Hall–Kier alpha value is -2.62. The van der Waals surface area contributed by atoms with Gasteiger partial charge in [-0.3, -0.25) is 9.59 Å². The summed E-state index contributed by atoms with van der Waals surface area (Å²) in [5.74, 6) is -0.292. The van der Waals surface area contributed by atoms with E-state index in [1.165, 1.54) is 16.0 Å². The molecule has 3 rings (SSSR count). The van der Waals surface area contributed by atoms with Gasteiger partial charge in [0.2, 0.25) is 0 Å². The Balaban J connectivity index is 1.77. The van der Waals surface area contributed by atoms with Crippen LogP contribution >= 0.6 is 0 Å². The third-order valence-electron chi connectivity index (χ3n) is 3.42. The van der Waals surface area contributed by atoms with Crippen molar-refractivity contribution in [1.29, 1.82) is 0 Å². The molecule has 0 saturated heterocycles. The van der Waals surface area contributed by atoms with Crippen LogP contribution in [0.25, 0.3) is 0 Å². The van der Waals surface area contributed by atoms with Gasteiger partial charge in [0.05, 0.1) is 0 Å². The number of nitrogens with zero attached hydrogens (tertiary/aromatic N) is 1. The average molecular weight is 279 g/mol. The summed E-state index contributed by atoms with van der Waals surface area (Å²) in [6, 6.07) is 13.5. The zero-order valence-electron chi connectivity index (χ0n) is 11.9. The quantitative estimate of drug-likeness (QED) is 0.800. The van der Waals surface area contributed by atoms with Gasteiger partial charge >= 0.3 is 0 Å². The Morgan fingerprint density at radius 1 is 1.10 bits per heavy atom. The van der Waals surface area contributed by atoms with E-state index in [1.807, 2.05) is 18.2 Å². The molecule has 4 nitrogen and oxygen atoms in total. The van der Waals surface area contributed by atoms with Crippen LogP contribution in [-0.2, 0) is 6.42 Å². The van der Waals surface area contributed by atoms with Gasteiger partial charge in [-0.1, -0.05) is 6.07 Å². The second-order valence-corrected chi connectivity index (χ2v) is 5.32. The lowest BCUT2D eigenvalue weighted by atomic mass is 10.1. The van der Waals surface area contributed by atoms with Crippen molar-refractivity contribution in [2.75, 3.05) is 19.4 Å². The zero-order chi connectivity index (χ0) is 15.0. The number of amides is 2. The Kier molecular flexibility index (Phi) is 3.22. The second kappa shape index (κ2) is 5.05. The van der Waals surface area contributed by atoms with Crippen molar-refractivity contribution in [2.45, 2.75) is 6.42 Å². The van der Waals surface area contributed by atoms with Gasteiger partial charge in [-0.15, -0.1) is 0 Å². The van der Waals surface area contributed by atoms with Crippen molar-refractivity contribution in [2.24, 2.45) is 0 Å². The fourth-order valence-corrected chi connectivity index (χ4v) is 2.17. The number of hydrogen-bond donors (Lipinski definition) is 1. The summed E-state index contributed by atoms with van der Waals surface area (Å²) >= 11 is 0. The van der Waals surface area contributed by atoms with Crippen LogP contribution in [0.2, 0.25) is 0 Å². The Morgan fingerprint density at radius 3 is 2.62 bits per heavy atom. The van der Waals surface area contributed by atoms with Crippen LogP contribution in [-0.4, -0.2) is 30.8 Å². The molecule has 0 aromatic heterocycles. The van der Waals surface area contributed by atoms with E-state index in [2.05, 4.69) is 11.4 Å². The lowest BCUT2D eigenvalue weighted by molar-refractivity contribution is 0.0827. The molecule has 2 amide bonds. The minimum absolute atomic E-state index is 0.119. The standard InChI is InChI=1S/C17H15N2O2/c1-19(2)17(21)13-4-3-5-15(10-13)18-16(20)12-7-6-11-8-14(11)9-12/h4-7,9-10H,8H2,1-2H3,(H,18,20). The fraction of sp³-hybridized carbons (Fsp3) is 0.176. The van der Waals surface area contributed by atoms with Crippen LogP contribution in [0.3, 0.4) is 0 Å². The molecule has 0 atom stereocenters. The smallest absolute Gasteiger partial charge is 0.255 e. The van der Waals surface area contributed by atoms with Crippen molar-refractivity contribution in [3.8, 4) is 0 Å². The highest BCUT2D eigenvalue weighted by molar-refractivity contribution is 6.05. The molecule has 105 valence electrons. The number of rotatable bonds is 3. The first-order chi connectivity index (χ1) is 10.0. The summed E-state index contributed by atoms with van der Waals surface area (Å²) < 4.78 is 0. The SMILES string of the molecule is CN(C)C(=O)c1c[c]cc(NC(=O)c2ccc3c(c2)C3)c1. The molecule has 4 heteroatoms. The molecule has 0 heterocycles. The number of fused-ring (bicyclic) bond motifs is 1. The summed E-state index contributed by atoms with van der Waals surface area (Å²) in [4.78, 5) is 25.6. The zero-order valence-corrected chi connectivity index (χ0v) is 11.9.